The second-order valence-corrected chi connectivity index (χ2v) is 10.7. The predicted octanol–water partition coefficient (Wildman–Crippen LogP) is 6.65. The molecule has 0 bridgehead atoms. The third kappa shape index (κ3) is 12.2. The molecule has 0 radical (unpaired) electrons. The van der Waals surface area contributed by atoms with Gasteiger partial charge in [0.15, 0.2) is 0 Å². The maximum atomic E-state index is 12.5. The quantitative estimate of drug-likeness (QED) is 0.0957. The van der Waals surface area contributed by atoms with E-state index in [1.54, 1.807) is 0 Å². The summed E-state index contributed by atoms with van der Waals surface area (Å²) >= 11 is 0. The molecule has 4 unspecified atom stereocenters. The van der Waals surface area contributed by atoms with Gasteiger partial charge in [-0.25, -0.2) is 0 Å². The van der Waals surface area contributed by atoms with Crippen LogP contribution in [0.5, 0.6) is 0 Å². The van der Waals surface area contributed by atoms with Crippen molar-refractivity contribution in [2.24, 2.45) is 11.0 Å². The fraction of sp³-hybridized carbons (Fsp3) is 0.577. The number of carbonyl (C=O) groups excluding carboxylic acids is 1. The Morgan fingerprint density at radius 3 is 2.06 bits per heavy atom. The molecule has 7 nitrogen and oxygen atoms in total. The van der Waals surface area contributed by atoms with Crippen LogP contribution in [0, 0.1) is 0 Å². The third-order valence-electron chi connectivity index (χ3n) is 6.24. The van der Waals surface area contributed by atoms with Gasteiger partial charge in [0.05, 0.1) is 11.2 Å². The highest BCUT2D eigenvalue weighted by Gasteiger charge is 2.31. The van der Waals surface area contributed by atoms with Gasteiger partial charge in [-0.1, -0.05) is 55.5 Å². The Hall–Kier alpha value is -1.01. The topological polar surface area (TPSA) is 128 Å². The normalized spacial score (nSPS) is 17.7. The van der Waals surface area contributed by atoms with E-state index >= 15 is 0 Å². The maximum absolute atomic E-state index is 12.5. The number of rotatable bonds is 18. The van der Waals surface area contributed by atoms with Crippen molar-refractivity contribution in [2.45, 2.75) is 96.7 Å². The molecule has 0 saturated heterocycles. The molecule has 0 saturated carbocycles. The first kappa shape index (κ1) is 32.0. The van der Waals surface area contributed by atoms with Gasteiger partial charge in [-0.3, -0.25) is 15.8 Å². The highest BCUT2D eigenvalue weighted by atomic mass is 31.2. The first-order valence-corrected chi connectivity index (χ1v) is 14.9. The molecule has 1 aromatic rings. The number of hydrogen-bond donors (Lipinski definition) is 4. The van der Waals surface area contributed by atoms with Crippen LogP contribution in [0.3, 0.4) is 0 Å². The van der Waals surface area contributed by atoms with Gasteiger partial charge < -0.3 is 18.8 Å². The van der Waals surface area contributed by atoms with Crippen LogP contribution < -0.4 is 11.0 Å². The minimum Gasteiger partial charge on any atom is -0.338 e. The highest BCUT2D eigenvalue weighted by molar-refractivity contribution is 7.43. The van der Waals surface area contributed by atoms with Crippen molar-refractivity contribution in [3.63, 3.8) is 0 Å². The van der Waals surface area contributed by atoms with Gasteiger partial charge in [0.1, 0.15) is 5.78 Å². The van der Waals surface area contributed by atoms with Crippen molar-refractivity contribution >= 4 is 22.8 Å². The lowest BCUT2D eigenvalue weighted by Gasteiger charge is -2.33. The van der Waals surface area contributed by atoms with Crippen molar-refractivity contribution in [1.29, 1.82) is 0 Å². The monoisotopic (exact) mass is 526 g/mol. The molecule has 4 atom stereocenters. The van der Waals surface area contributed by atoms with E-state index in [9.17, 15) is 14.6 Å². The summed E-state index contributed by atoms with van der Waals surface area (Å²) in [5, 5.41) is 0. The maximum Gasteiger partial charge on any atom is 0.251 e. The Bertz CT molecular complexity index is 804. The number of carbonyl (C=O) groups is 1. The van der Waals surface area contributed by atoms with Crippen LogP contribution >= 0.6 is 17.1 Å². The second kappa shape index (κ2) is 16.7. The van der Waals surface area contributed by atoms with Gasteiger partial charge in [-0.2, -0.15) is 0 Å². The number of Topliss-reactive ketones (excluding diaryl/α,β-unsaturated/α-hetero) is 1. The zero-order valence-corrected chi connectivity index (χ0v) is 23.4. The van der Waals surface area contributed by atoms with E-state index in [4.69, 9.17) is 20.1 Å². The van der Waals surface area contributed by atoms with E-state index < -0.39 is 28.3 Å². The van der Waals surface area contributed by atoms with Crippen LogP contribution in [0.25, 0.3) is 0 Å². The van der Waals surface area contributed by atoms with Crippen LogP contribution in [-0.2, 0) is 19.4 Å². The molecule has 35 heavy (non-hydrogen) atoms. The highest BCUT2D eigenvalue weighted by Crippen LogP contribution is 2.41. The third-order valence-corrected chi connectivity index (χ3v) is 7.42. The van der Waals surface area contributed by atoms with Crippen molar-refractivity contribution in [1.82, 2.24) is 0 Å². The molecule has 9 heteroatoms. The molecule has 0 amide bonds. The summed E-state index contributed by atoms with van der Waals surface area (Å²) < 4.78 is 11.4. The van der Waals surface area contributed by atoms with Crippen LogP contribution in [0.15, 0.2) is 54.1 Å². The molecular weight excluding hydrogens is 482 g/mol. The Morgan fingerprint density at radius 1 is 0.971 bits per heavy atom. The van der Waals surface area contributed by atoms with Gasteiger partial charge in [0, 0.05) is 12.8 Å². The zero-order valence-electron chi connectivity index (χ0n) is 21.7. The Morgan fingerprint density at radius 2 is 1.54 bits per heavy atom. The minimum atomic E-state index is -1.99. The van der Waals surface area contributed by atoms with E-state index in [1.165, 1.54) is 0 Å². The predicted molar refractivity (Wildman–Crippen MR) is 146 cm³/mol. The van der Waals surface area contributed by atoms with Crippen LogP contribution in [0.1, 0.15) is 91.0 Å². The molecule has 0 aliphatic rings. The molecule has 1 aromatic carbocycles. The summed E-state index contributed by atoms with van der Waals surface area (Å²) in [6.45, 7) is 7.89. The Kier molecular flexibility index (Phi) is 15.3. The molecular formula is C26H44N2O5P2. The first-order valence-electron chi connectivity index (χ1n) is 12.3. The SMILES string of the molecule is C/C=C\C=C(/CC)C(C)(CCCCC(=O)CCCCC(C)(OP(N)O)c1ccccc1)OP(N)O. The average molecular weight is 527 g/mol. The molecule has 6 N–H and O–H groups in total. The molecule has 0 spiro atoms. The number of ketones is 1. The van der Waals surface area contributed by atoms with E-state index in [-0.39, 0.29) is 5.78 Å². The Labute approximate surface area is 213 Å². The molecule has 1 rings (SSSR count). The van der Waals surface area contributed by atoms with E-state index in [0.717, 1.165) is 43.2 Å². The summed E-state index contributed by atoms with van der Waals surface area (Å²) in [5.74, 6) is 0.238. The summed E-state index contributed by atoms with van der Waals surface area (Å²) in [6.07, 6.45) is 12.2. The lowest BCUT2D eigenvalue weighted by atomic mass is 9.87. The van der Waals surface area contributed by atoms with Crippen molar-refractivity contribution < 1.29 is 23.6 Å². The first-order chi connectivity index (χ1) is 16.6. The molecule has 0 aliphatic carbocycles. The summed E-state index contributed by atoms with van der Waals surface area (Å²) in [7, 11) is -3.97. The molecule has 0 aromatic heterocycles. The van der Waals surface area contributed by atoms with Crippen LogP contribution in [-0.4, -0.2) is 21.2 Å². The van der Waals surface area contributed by atoms with Crippen LogP contribution in [0.4, 0.5) is 0 Å². The van der Waals surface area contributed by atoms with Crippen molar-refractivity contribution in [3.05, 3.63) is 59.7 Å². The van der Waals surface area contributed by atoms with E-state index in [0.29, 0.717) is 25.7 Å². The van der Waals surface area contributed by atoms with Crippen LogP contribution in [0.2, 0.25) is 0 Å². The second-order valence-electron chi connectivity index (χ2n) is 9.14. The average Bonchev–Trinajstić information content (AvgIpc) is 2.80. The van der Waals surface area contributed by atoms with Gasteiger partial charge in [-0.05, 0) is 76.9 Å². The largest absolute Gasteiger partial charge is 0.338 e. The number of nitrogens with two attached hydrogens (primary N) is 2. The smallest absolute Gasteiger partial charge is 0.251 e. The fourth-order valence-electron chi connectivity index (χ4n) is 4.29. The van der Waals surface area contributed by atoms with Gasteiger partial charge >= 0.3 is 0 Å². The molecule has 0 aliphatic heterocycles. The lowest BCUT2D eigenvalue weighted by Crippen LogP contribution is -2.30. The fourth-order valence-corrected chi connectivity index (χ4v) is 5.52. The van der Waals surface area contributed by atoms with Crippen molar-refractivity contribution in [2.75, 3.05) is 0 Å². The molecule has 0 fully saturated rings. The summed E-state index contributed by atoms with van der Waals surface area (Å²) in [4.78, 5) is 31.8. The van der Waals surface area contributed by atoms with Gasteiger partial charge in [0.2, 0.25) is 0 Å². The standard InChI is InChI=1S/C26H44N2O5P2/c1-5-7-15-22(6-2)25(3,32-34(27)30)20-13-11-18-24(29)19-12-14-21-26(4,33-35(28)31)23-16-9-8-10-17-23/h5,7-10,15-17,30-31H,6,11-14,18-21,27-28H2,1-4H3/b7-5-,22-15+. The van der Waals surface area contributed by atoms with E-state index in [1.807, 2.05) is 69.3 Å². The minimum absolute atomic E-state index is 0.238. The van der Waals surface area contributed by atoms with E-state index in [2.05, 4.69) is 6.92 Å². The number of unbranched alkanes of at least 4 members (excludes halogenated alkanes) is 2. The number of hydrogen-bond acceptors (Lipinski definition) is 7. The summed E-state index contributed by atoms with van der Waals surface area (Å²) in [6, 6.07) is 9.72. The van der Waals surface area contributed by atoms with Gasteiger partial charge in [0.25, 0.3) is 17.1 Å². The van der Waals surface area contributed by atoms with Crippen molar-refractivity contribution in [3.8, 4) is 0 Å². The number of allylic oxidation sites excluding steroid dienone is 3. The lowest BCUT2D eigenvalue weighted by molar-refractivity contribution is -0.119. The molecule has 198 valence electrons. The zero-order chi connectivity index (χ0) is 26.3. The summed E-state index contributed by atoms with van der Waals surface area (Å²) in [5.41, 5.74) is 11.8. The van der Waals surface area contributed by atoms with Gasteiger partial charge in [-0.15, -0.1) is 0 Å². The molecule has 0 heterocycles. The Balaban J connectivity index is 2.51. The number of benzene rings is 1.